The second kappa shape index (κ2) is 11.8. The van der Waals surface area contributed by atoms with Crippen LogP contribution in [0.5, 0.6) is 5.75 Å². The van der Waals surface area contributed by atoms with Crippen LogP contribution in [-0.4, -0.2) is 23.3 Å². The molecule has 0 aliphatic carbocycles. The summed E-state index contributed by atoms with van der Waals surface area (Å²) in [5.74, 6) is -0.590. The zero-order valence-electron chi connectivity index (χ0n) is 21.5. The minimum absolute atomic E-state index is 0.146. The monoisotopic (exact) mass is 598 g/mol. The number of carbonyl (C=O) groups is 1. The fourth-order valence-electron chi connectivity index (χ4n) is 4.35. The van der Waals surface area contributed by atoms with Gasteiger partial charge in [0.25, 0.3) is 5.56 Å². The highest BCUT2D eigenvalue weighted by molar-refractivity contribution is 7.07. The number of hydrogen-bond donors (Lipinski definition) is 0. The Morgan fingerprint density at radius 3 is 2.37 bits per heavy atom. The summed E-state index contributed by atoms with van der Waals surface area (Å²) in [7, 11) is 0. The smallest absolute Gasteiger partial charge is 0.434 e. The number of rotatable bonds is 7. The van der Waals surface area contributed by atoms with Gasteiger partial charge in [0.15, 0.2) is 10.5 Å². The molecule has 11 heteroatoms. The lowest BCUT2D eigenvalue weighted by atomic mass is 9.95. The van der Waals surface area contributed by atoms with Crippen molar-refractivity contribution in [3.8, 4) is 5.75 Å². The SMILES string of the molecule is CCOC(=O)C1=C(C(F)(F)F)N=c2sc(=Cc3ccc(OCc4ccccc4)cc3)c(=O)n2[C@@H]1c1ccc(Cl)cc1. The molecule has 41 heavy (non-hydrogen) atoms. The zero-order valence-corrected chi connectivity index (χ0v) is 23.1. The number of halogens is 4. The minimum Gasteiger partial charge on any atom is -0.489 e. The highest BCUT2D eigenvalue weighted by atomic mass is 35.5. The first-order valence-corrected chi connectivity index (χ1v) is 13.7. The van der Waals surface area contributed by atoms with E-state index in [4.69, 9.17) is 21.1 Å². The first kappa shape index (κ1) is 28.4. The van der Waals surface area contributed by atoms with Crippen molar-refractivity contribution in [1.29, 1.82) is 0 Å². The van der Waals surface area contributed by atoms with Crippen LogP contribution in [0.3, 0.4) is 0 Å². The molecule has 0 saturated carbocycles. The lowest BCUT2D eigenvalue weighted by Crippen LogP contribution is -2.41. The second-order valence-corrected chi connectivity index (χ2v) is 10.4. The average molecular weight is 599 g/mol. The number of aromatic nitrogens is 1. The molecule has 4 aromatic rings. The number of carbonyl (C=O) groups excluding carboxylic acids is 1. The van der Waals surface area contributed by atoms with Crippen LogP contribution >= 0.6 is 22.9 Å². The van der Waals surface area contributed by atoms with E-state index in [-0.39, 0.29) is 21.5 Å². The number of ether oxygens (including phenoxy) is 2. The third-order valence-electron chi connectivity index (χ3n) is 6.21. The molecule has 0 radical (unpaired) electrons. The molecule has 0 amide bonds. The molecule has 2 heterocycles. The highest BCUT2D eigenvalue weighted by Gasteiger charge is 2.45. The van der Waals surface area contributed by atoms with Gasteiger partial charge in [0.1, 0.15) is 12.4 Å². The molecular formula is C30H22ClF3N2O4S. The van der Waals surface area contributed by atoms with Gasteiger partial charge in [-0.2, -0.15) is 13.2 Å². The number of benzene rings is 3. The number of hydrogen-bond acceptors (Lipinski definition) is 6. The van der Waals surface area contributed by atoms with E-state index in [1.54, 1.807) is 30.3 Å². The van der Waals surface area contributed by atoms with Crippen molar-refractivity contribution in [2.24, 2.45) is 4.99 Å². The molecule has 0 unspecified atom stereocenters. The molecule has 0 bridgehead atoms. The molecule has 0 fully saturated rings. The van der Waals surface area contributed by atoms with Crippen molar-refractivity contribution in [2.45, 2.75) is 25.7 Å². The summed E-state index contributed by atoms with van der Waals surface area (Å²) in [5.41, 5.74) is -0.869. The fraction of sp³-hybridized carbons (Fsp3) is 0.167. The van der Waals surface area contributed by atoms with Crippen LogP contribution in [-0.2, 0) is 16.1 Å². The van der Waals surface area contributed by atoms with Gasteiger partial charge in [0, 0.05) is 5.02 Å². The zero-order chi connectivity index (χ0) is 29.1. The van der Waals surface area contributed by atoms with Crippen molar-refractivity contribution < 1.29 is 27.4 Å². The van der Waals surface area contributed by atoms with Crippen LogP contribution in [0.1, 0.15) is 29.7 Å². The van der Waals surface area contributed by atoms with Crippen molar-refractivity contribution >= 4 is 35.0 Å². The molecule has 210 valence electrons. The topological polar surface area (TPSA) is 69.9 Å². The Hall–Kier alpha value is -4.15. The van der Waals surface area contributed by atoms with Gasteiger partial charge in [-0.1, -0.05) is 77.5 Å². The lowest BCUT2D eigenvalue weighted by Gasteiger charge is -2.26. The Morgan fingerprint density at radius 1 is 1.05 bits per heavy atom. The Kier molecular flexibility index (Phi) is 8.14. The average Bonchev–Trinajstić information content (AvgIpc) is 3.27. The van der Waals surface area contributed by atoms with E-state index in [9.17, 15) is 22.8 Å². The minimum atomic E-state index is -4.97. The Morgan fingerprint density at radius 2 is 1.73 bits per heavy atom. The first-order chi connectivity index (χ1) is 19.7. The van der Waals surface area contributed by atoms with Crippen molar-refractivity contribution in [3.63, 3.8) is 0 Å². The van der Waals surface area contributed by atoms with E-state index >= 15 is 0 Å². The molecule has 0 saturated heterocycles. The third-order valence-corrected chi connectivity index (χ3v) is 7.44. The summed E-state index contributed by atoms with van der Waals surface area (Å²) >= 11 is 6.81. The summed E-state index contributed by atoms with van der Waals surface area (Å²) in [6.07, 6.45) is -3.41. The van der Waals surface area contributed by atoms with Crippen LogP contribution in [0, 0.1) is 0 Å². The van der Waals surface area contributed by atoms with Crippen molar-refractivity contribution in [2.75, 3.05) is 6.61 Å². The summed E-state index contributed by atoms with van der Waals surface area (Å²) in [4.78, 5) is 30.1. The molecule has 1 aliphatic rings. The maximum Gasteiger partial charge on any atom is 0.434 e. The van der Waals surface area contributed by atoms with Gasteiger partial charge in [-0.3, -0.25) is 9.36 Å². The van der Waals surface area contributed by atoms with Gasteiger partial charge < -0.3 is 9.47 Å². The van der Waals surface area contributed by atoms with Gasteiger partial charge in [-0.05, 0) is 54.0 Å². The summed E-state index contributed by atoms with van der Waals surface area (Å²) in [6.45, 7) is 1.71. The summed E-state index contributed by atoms with van der Waals surface area (Å²) in [5, 5.41) is 0.343. The molecule has 6 nitrogen and oxygen atoms in total. The van der Waals surface area contributed by atoms with Crippen LogP contribution in [0.15, 0.2) is 99.9 Å². The van der Waals surface area contributed by atoms with E-state index in [1.165, 1.54) is 31.2 Å². The van der Waals surface area contributed by atoms with Gasteiger partial charge >= 0.3 is 12.1 Å². The number of nitrogens with zero attached hydrogens (tertiary/aromatic N) is 2. The molecule has 3 aromatic carbocycles. The Balaban J connectivity index is 1.58. The third kappa shape index (κ3) is 6.13. The quantitative estimate of drug-likeness (QED) is 0.261. The fourth-order valence-corrected chi connectivity index (χ4v) is 5.48. The van der Waals surface area contributed by atoms with Gasteiger partial charge in [0.2, 0.25) is 0 Å². The molecule has 0 N–H and O–H groups in total. The highest BCUT2D eigenvalue weighted by Crippen LogP contribution is 2.38. The maximum absolute atomic E-state index is 14.2. The largest absolute Gasteiger partial charge is 0.489 e. The maximum atomic E-state index is 14.2. The molecule has 1 aliphatic heterocycles. The Bertz CT molecular complexity index is 1780. The van der Waals surface area contributed by atoms with E-state index in [0.29, 0.717) is 22.9 Å². The summed E-state index contributed by atoms with van der Waals surface area (Å²) < 4.78 is 54.7. The van der Waals surface area contributed by atoms with Gasteiger partial charge in [-0.15, -0.1) is 0 Å². The first-order valence-electron chi connectivity index (χ1n) is 12.5. The normalized spacial score (nSPS) is 15.3. The molecule has 0 spiro atoms. The molecule has 1 atom stereocenters. The van der Waals surface area contributed by atoms with Crippen LogP contribution in [0.4, 0.5) is 13.2 Å². The second-order valence-electron chi connectivity index (χ2n) is 8.96. The lowest BCUT2D eigenvalue weighted by molar-refractivity contribution is -0.140. The number of thiazole rings is 1. The molecule has 1 aromatic heterocycles. The molecule has 5 rings (SSSR count). The van der Waals surface area contributed by atoms with Gasteiger partial charge in [0.05, 0.1) is 22.8 Å². The van der Waals surface area contributed by atoms with E-state index in [0.717, 1.165) is 21.5 Å². The Labute approximate surface area is 241 Å². The van der Waals surface area contributed by atoms with Crippen LogP contribution in [0.25, 0.3) is 6.08 Å². The standard InChI is InChI=1S/C30H22ClF3N2O4S/c1-2-39-28(38)24-25(20-10-12-21(31)13-11-20)36-27(37)23(41-29(36)35-26(24)30(32,33)34)16-18-8-14-22(15-9-18)40-17-19-6-4-3-5-7-19/h3-16,25H,2,17H2,1H3/t25-/m1/s1. The van der Waals surface area contributed by atoms with E-state index < -0.39 is 35.0 Å². The van der Waals surface area contributed by atoms with Gasteiger partial charge in [-0.25, -0.2) is 9.79 Å². The number of fused-ring (bicyclic) bond motifs is 1. The van der Waals surface area contributed by atoms with Crippen LogP contribution < -0.4 is 19.6 Å². The van der Waals surface area contributed by atoms with Crippen molar-refractivity contribution in [3.05, 3.63) is 132 Å². The van der Waals surface area contributed by atoms with E-state index in [1.807, 2.05) is 30.3 Å². The summed E-state index contributed by atoms with van der Waals surface area (Å²) in [6, 6.07) is 21.1. The van der Waals surface area contributed by atoms with Crippen LogP contribution in [0.2, 0.25) is 5.02 Å². The predicted molar refractivity (Wildman–Crippen MR) is 149 cm³/mol. The number of alkyl halides is 3. The number of allylic oxidation sites excluding steroid dienone is 1. The number of esters is 1. The van der Waals surface area contributed by atoms with Crippen molar-refractivity contribution in [1.82, 2.24) is 4.57 Å². The van der Waals surface area contributed by atoms with E-state index in [2.05, 4.69) is 4.99 Å². The molecular weight excluding hydrogens is 577 g/mol. The predicted octanol–water partition coefficient (Wildman–Crippen LogP) is 5.57.